The van der Waals surface area contributed by atoms with Crippen LogP contribution in [-0.4, -0.2) is 7.11 Å². The molecular formula is C15H15Br2NO2. The molecule has 0 amide bonds. The summed E-state index contributed by atoms with van der Waals surface area (Å²) < 4.78 is 12.9. The summed E-state index contributed by atoms with van der Waals surface area (Å²) in [4.78, 5) is 0. The minimum atomic E-state index is 0.490. The van der Waals surface area contributed by atoms with Crippen molar-refractivity contribution < 1.29 is 9.47 Å². The van der Waals surface area contributed by atoms with Crippen LogP contribution in [0.4, 0.5) is 0 Å². The molecule has 2 rings (SSSR count). The Kier molecular flexibility index (Phi) is 5.07. The van der Waals surface area contributed by atoms with Crippen molar-refractivity contribution in [2.75, 3.05) is 7.11 Å². The Bertz CT molecular complexity index is 630. The predicted octanol–water partition coefficient (Wildman–Crippen LogP) is 4.78. The number of halogens is 2. The molecule has 0 aromatic heterocycles. The van der Waals surface area contributed by atoms with E-state index in [9.17, 15) is 0 Å². The molecule has 0 saturated carbocycles. The lowest BCUT2D eigenvalue weighted by Crippen LogP contribution is -1.98. The second kappa shape index (κ2) is 6.61. The predicted molar refractivity (Wildman–Crippen MR) is 87.5 cm³/mol. The molecule has 0 atom stereocenters. The summed E-state index contributed by atoms with van der Waals surface area (Å²) in [5.74, 6) is 2.26. The van der Waals surface area contributed by atoms with Crippen molar-refractivity contribution in [3.05, 3.63) is 50.4 Å². The van der Waals surface area contributed by atoms with Crippen molar-refractivity contribution in [1.82, 2.24) is 0 Å². The van der Waals surface area contributed by atoms with Crippen molar-refractivity contribution in [2.45, 2.75) is 13.5 Å². The average molecular weight is 401 g/mol. The van der Waals surface area contributed by atoms with Crippen molar-refractivity contribution in [3.8, 4) is 17.2 Å². The van der Waals surface area contributed by atoms with Gasteiger partial charge in [0, 0.05) is 6.54 Å². The third-order valence-corrected chi connectivity index (χ3v) is 4.15. The molecule has 0 saturated heterocycles. The highest BCUT2D eigenvalue weighted by molar-refractivity contribution is 9.11. The maximum absolute atomic E-state index is 5.97. The molecule has 0 fully saturated rings. The fraction of sp³-hybridized carbons (Fsp3) is 0.200. The molecule has 0 bridgehead atoms. The van der Waals surface area contributed by atoms with Crippen molar-refractivity contribution in [2.24, 2.45) is 5.73 Å². The van der Waals surface area contributed by atoms with E-state index in [1.807, 2.05) is 37.3 Å². The minimum absolute atomic E-state index is 0.490. The number of aryl methyl sites for hydroxylation is 1. The average Bonchev–Trinajstić information content (AvgIpc) is 2.44. The molecule has 0 unspecified atom stereocenters. The smallest absolute Gasteiger partial charge is 0.143 e. The van der Waals surface area contributed by atoms with Gasteiger partial charge in [0.15, 0.2) is 0 Å². The fourth-order valence-corrected chi connectivity index (χ4v) is 2.63. The Balaban J connectivity index is 2.37. The third kappa shape index (κ3) is 3.34. The highest BCUT2D eigenvalue weighted by Gasteiger charge is 2.10. The first-order valence-corrected chi connectivity index (χ1v) is 7.64. The van der Waals surface area contributed by atoms with Crippen LogP contribution in [0, 0.1) is 6.92 Å². The van der Waals surface area contributed by atoms with Crippen LogP contribution in [0.25, 0.3) is 0 Å². The second-order valence-electron chi connectivity index (χ2n) is 4.32. The standard InChI is InChI=1S/C15H15Br2NO2/c1-9-3-4-10(8-18)5-13(9)20-15-7-11(16)14(19-2)6-12(15)17/h3-7H,8,18H2,1-2H3. The topological polar surface area (TPSA) is 44.5 Å². The Hall–Kier alpha value is -1.04. The molecule has 20 heavy (non-hydrogen) atoms. The number of ether oxygens (including phenoxy) is 2. The van der Waals surface area contributed by atoms with E-state index < -0.39 is 0 Å². The highest BCUT2D eigenvalue weighted by atomic mass is 79.9. The van der Waals surface area contributed by atoms with E-state index in [1.54, 1.807) is 7.11 Å². The normalized spacial score (nSPS) is 10.4. The molecule has 3 nitrogen and oxygen atoms in total. The van der Waals surface area contributed by atoms with Crippen molar-refractivity contribution in [1.29, 1.82) is 0 Å². The van der Waals surface area contributed by atoms with E-state index in [1.165, 1.54) is 0 Å². The van der Waals surface area contributed by atoms with Gasteiger partial charge in [-0.1, -0.05) is 12.1 Å². The van der Waals surface area contributed by atoms with Crippen LogP contribution in [-0.2, 0) is 6.54 Å². The SMILES string of the molecule is COc1cc(Br)c(Oc2cc(CN)ccc2C)cc1Br. The van der Waals surface area contributed by atoms with E-state index in [4.69, 9.17) is 15.2 Å². The molecule has 2 N–H and O–H groups in total. The quantitative estimate of drug-likeness (QED) is 0.803. The van der Waals surface area contributed by atoms with Gasteiger partial charge in [0.1, 0.15) is 17.2 Å². The van der Waals surface area contributed by atoms with Crippen LogP contribution < -0.4 is 15.2 Å². The van der Waals surface area contributed by atoms with Crippen LogP contribution in [0.2, 0.25) is 0 Å². The summed E-state index contributed by atoms with van der Waals surface area (Å²) in [6.07, 6.45) is 0. The summed E-state index contributed by atoms with van der Waals surface area (Å²) in [6, 6.07) is 9.70. The zero-order valence-corrected chi connectivity index (χ0v) is 14.4. The minimum Gasteiger partial charge on any atom is -0.496 e. The maximum atomic E-state index is 5.97. The van der Waals surface area contributed by atoms with Gasteiger partial charge in [-0.25, -0.2) is 0 Å². The molecule has 0 aliphatic heterocycles. The summed E-state index contributed by atoms with van der Waals surface area (Å²) in [5, 5.41) is 0. The Labute approximate surface area is 135 Å². The van der Waals surface area contributed by atoms with Crippen LogP contribution in [0.1, 0.15) is 11.1 Å². The zero-order valence-electron chi connectivity index (χ0n) is 11.2. The Morgan fingerprint density at radius 1 is 1.00 bits per heavy atom. The van der Waals surface area contributed by atoms with Gasteiger partial charge < -0.3 is 15.2 Å². The van der Waals surface area contributed by atoms with Gasteiger partial charge in [0.25, 0.3) is 0 Å². The van der Waals surface area contributed by atoms with Gasteiger partial charge in [-0.15, -0.1) is 0 Å². The van der Waals surface area contributed by atoms with Gasteiger partial charge in [-0.2, -0.15) is 0 Å². The van der Waals surface area contributed by atoms with Crippen LogP contribution >= 0.6 is 31.9 Å². The molecule has 0 radical (unpaired) electrons. The second-order valence-corrected chi connectivity index (χ2v) is 6.03. The first-order valence-electron chi connectivity index (χ1n) is 6.05. The summed E-state index contributed by atoms with van der Waals surface area (Å²) >= 11 is 6.94. The van der Waals surface area contributed by atoms with Crippen LogP contribution in [0.3, 0.4) is 0 Å². The summed E-state index contributed by atoms with van der Waals surface area (Å²) in [7, 11) is 1.63. The first-order chi connectivity index (χ1) is 9.55. The van der Waals surface area contributed by atoms with E-state index in [0.29, 0.717) is 6.54 Å². The number of hydrogen-bond acceptors (Lipinski definition) is 3. The Morgan fingerprint density at radius 2 is 1.65 bits per heavy atom. The molecular weight excluding hydrogens is 386 g/mol. The highest BCUT2D eigenvalue weighted by Crippen LogP contribution is 2.38. The lowest BCUT2D eigenvalue weighted by atomic mass is 10.1. The molecule has 2 aromatic carbocycles. The zero-order chi connectivity index (χ0) is 14.7. The number of methoxy groups -OCH3 is 1. The monoisotopic (exact) mass is 399 g/mol. The van der Waals surface area contributed by atoms with Crippen LogP contribution in [0.5, 0.6) is 17.2 Å². The van der Waals surface area contributed by atoms with Gasteiger partial charge in [-0.3, -0.25) is 0 Å². The number of nitrogens with two attached hydrogens (primary N) is 1. The first kappa shape index (κ1) is 15.4. The van der Waals surface area contributed by atoms with Gasteiger partial charge in [0.2, 0.25) is 0 Å². The van der Waals surface area contributed by atoms with Crippen molar-refractivity contribution >= 4 is 31.9 Å². The summed E-state index contributed by atoms with van der Waals surface area (Å²) in [5.41, 5.74) is 7.76. The molecule has 2 aromatic rings. The lowest BCUT2D eigenvalue weighted by Gasteiger charge is -2.13. The van der Waals surface area contributed by atoms with E-state index in [2.05, 4.69) is 31.9 Å². The molecule has 0 spiro atoms. The molecule has 5 heteroatoms. The number of rotatable bonds is 4. The van der Waals surface area contributed by atoms with Crippen molar-refractivity contribution in [3.63, 3.8) is 0 Å². The van der Waals surface area contributed by atoms with Gasteiger partial charge in [-0.05, 0) is 68.1 Å². The van der Waals surface area contributed by atoms with E-state index in [-0.39, 0.29) is 0 Å². The molecule has 0 heterocycles. The largest absolute Gasteiger partial charge is 0.496 e. The van der Waals surface area contributed by atoms with Crippen LogP contribution in [0.15, 0.2) is 39.3 Å². The van der Waals surface area contributed by atoms with E-state index >= 15 is 0 Å². The summed E-state index contributed by atoms with van der Waals surface area (Å²) in [6.45, 7) is 2.49. The third-order valence-electron chi connectivity index (χ3n) is 2.91. The fourth-order valence-electron chi connectivity index (χ4n) is 1.74. The molecule has 0 aliphatic carbocycles. The van der Waals surface area contributed by atoms with E-state index in [0.717, 1.165) is 37.3 Å². The molecule has 0 aliphatic rings. The maximum Gasteiger partial charge on any atom is 0.143 e. The number of hydrogen-bond donors (Lipinski definition) is 1. The Morgan fingerprint density at radius 3 is 2.30 bits per heavy atom. The number of benzene rings is 2. The lowest BCUT2D eigenvalue weighted by molar-refractivity contribution is 0.409. The molecule has 106 valence electrons. The van der Waals surface area contributed by atoms with Gasteiger partial charge in [0.05, 0.1) is 16.1 Å². The van der Waals surface area contributed by atoms with Gasteiger partial charge >= 0.3 is 0 Å².